The summed E-state index contributed by atoms with van der Waals surface area (Å²) in [5.41, 5.74) is 1.12. The number of piperidine rings is 1. The smallest absolute Gasteiger partial charge is 0.422 e. The van der Waals surface area contributed by atoms with Crippen LogP contribution in [0.2, 0.25) is 0 Å². The monoisotopic (exact) mass is 640 g/mol. The van der Waals surface area contributed by atoms with Gasteiger partial charge < -0.3 is 24.4 Å². The molecule has 2 saturated heterocycles. The van der Waals surface area contributed by atoms with Crippen LogP contribution < -0.4 is 14.4 Å². The Hall–Kier alpha value is -3.97. The van der Waals surface area contributed by atoms with E-state index in [4.69, 9.17) is 14.5 Å². The Labute approximate surface area is 266 Å². The van der Waals surface area contributed by atoms with Crippen LogP contribution in [-0.4, -0.2) is 101 Å². The molecule has 0 aromatic carbocycles. The minimum Gasteiger partial charge on any atom is -0.491 e. The topological polar surface area (TPSA) is 104 Å². The number of β-amino-alcohol motifs (C(OH)–C–C–N with tert-alkyl or cyclic N) is 1. The molecule has 3 aromatic heterocycles. The van der Waals surface area contributed by atoms with Crippen molar-refractivity contribution in [1.82, 2.24) is 24.8 Å². The lowest BCUT2D eigenvalue weighted by atomic mass is 9.69. The van der Waals surface area contributed by atoms with Crippen LogP contribution in [0.3, 0.4) is 0 Å². The number of fused-ring (bicyclic) bond motifs is 2. The van der Waals surface area contributed by atoms with Gasteiger partial charge in [-0.2, -0.15) is 13.2 Å². The number of likely N-dealkylation sites (tertiary alicyclic amines) is 1. The molecule has 46 heavy (non-hydrogen) atoms. The van der Waals surface area contributed by atoms with Crippen LogP contribution in [0.15, 0.2) is 42.9 Å². The highest BCUT2D eigenvalue weighted by Gasteiger charge is 2.50. The minimum atomic E-state index is -4.62. The molecule has 3 aliphatic heterocycles. The Morgan fingerprint density at radius 2 is 1.87 bits per heavy atom. The number of ether oxygens (including phenoxy) is 2. The SMILES string of the molecule is CCCOc1cncc(N2CCC3(CC2)CN(C2CN(CCO)C2)C(=O)c2nc(-c4cccnc4OCC)ccc23)c1C(F)(F)F. The highest BCUT2D eigenvalue weighted by Crippen LogP contribution is 2.47. The second-order valence-electron chi connectivity index (χ2n) is 12.1. The number of hydrogen-bond donors (Lipinski definition) is 1. The number of pyridine rings is 3. The summed E-state index contributed by atoms with van der Waals surface area (Å²) < 4.78 is 54.4. The van der Waals surface area contributed by atoms with Gasteiger partial charge in [-0.25, -0.2) is 9.97 Å². The molecule has 0 unspecified atom stereocenters. The molecule has 0 bridgehead atoms. The minimum absolute atomic E-state index is 0.00654. The van der Waals surface area contributed by atoms with E-state index in [2.05, 4.69) is 14.9 Å². The molecule has 0 atom stereocenters. The van der Waals surface area contributed by atoms with Crippen molar-refractivity contribution >= 4 is 11.6 Å². The molecule has 10 nitrogen and oxygen atoms in total. The van der Waals surface area contributed by atoms with Crippen LogP contribution in [-0.2, 0) is 11.6 Å². The van der Waals surface area contributed by atoms with E-state index in [1.807, 2.05) is 36.9 Å². The highest BCUT2D eigenvalue weighted by atomic mass is 19.4. The molecule has 246 valence electrons. The average Bonchev–Trinajstić information content (AvgIpc) is 3.03. The molecule has 0 aliphatic carbocycles. The van der Waals surface area contributed by atoms with E-state index in [-0.39, 0.29) is 36.6 Å². The number of aromatic nitrogens is 3. The number of amides is 1. The molecule has 0 saturated carbocycles. The number of rotatable bonds is 10. The van der Waals surface area contributed by atoms with Gasteiger partial charge in [-0.1, -0.05) is 13.0 Å². The fourth-order valence-corrected chi connectivity index (χ4v) is 6.90. The van der Waals surface area contributed by atoms with E-state index in [1.54, 1.807) is 17.2 Å². The van der Waals surface area contributed by atoms with Gasteiger partial charge in [-0.15, -0.1) is 0 Å². The van der Waals surface area contributed by atoms with Crippen molar-refractivity contribution in [2.75, 3.05) is 64.0 Å². The lowest BCUT2D eigenvalue weighted by molar-refractivity contribution is -0.138. The molecule has 1 amide bonds. The van der Waals surface area contributed by atoms with E-state index in [0.29, 0.717) is 88.0 Å². The highest BCUT2D eigenvalue weighted by molar-refractivity contribution is 5.96. The van der Waals surface area contributed by atoms with E-state index >= 15 is 0 Å². The summed E-state index contributed by atoms with van der Waals surface area (Å²) >= 11 is 0. The summed E-state index contributed by atoms with van der Waals surface area (Å²) in [6.07, 6.45) is 1.04. The fourth-order valence-electron chi connectivity index (χ4n) is 6.90. The van der Waals surface area contributed by atoms with Crippen molar-refractivity contribution in [3.05, 3.63) is 59.7 Å². The van der Waals surface area contributed by atoms with Crippen molar-refractivity contribution in [2.45, 2.75) is 50.7 Å². The number of alkyl halides is 3. The summed E-state index contributed by atoms with van der Waals surface area (Å²) in [6, 6.07) is 7.43. The molecule has 13 heteroatoms. The van der Waals surface area contributed by atoms with Gasteiger partial charge in [0.05, 0.1) is 55.2 Å². The number of hydrogen-bond acceptors (Lipinski definition) is 9. The Balaban J connectivity index is 1.35. The predicted molar refractivity (Wildman–Crippen MR) is 165 cm³/mol. The molecule has 0 radical (unpaired) electrons. The van der Waals surface area contributed by atoms with Gasteiger partial charge in [0, 0.05) is 50.9 Å². The Morgan fingerprint density at radius 1 is 1.09 bits per heavy atom. The van der Waals surface area contributed by atoms with Crippen molar-refractivity contribution in [1.29, 1.82) is 0 Å². The molecule has 6 heterocycles. The van der Waals surface area contributed by atoms with Crippen LogP contribution in [0.5, 0.6) is 11.6 Å². The average molecular weight is 641 g/mol. The molecule has 1 spiro atoms. The van der Waals surface area contributed by atoms with Crippen molar-refractivity contribution in [3.63, 3.8) is 0 Å². The van der Waals surface area contributed by atoms with E-state index in [1.165, 1.54) is 6.20 Å². The predicted octanol–water partition coefficient (Wildman–Crippen LogP) is 4.42. The third-order valence-electron chi connectivity index (χ3n) is 9.22. The summed E-state index contributed by atoms with van der Waals surface area (Å²) in [5.74, 6) is 0.00562. The first-order chi connectivity index (χ1) is 22.2. The van der Waals surface area contributed by atoms with E-state index in [0.717, 1.165) is 11.8 Å². The summed E-state index contributed by atoms with van der Waals surface area (Å²) in [6.45, 7) is 7.29. The third-order valence-corrected chi connectivity index (χ3v) is 9.22. The zero-order chi connectivity index (χ0) is 32.5. The Morgan fingerprint density at radius 3 is 2.57 bits per heavy atom. The summed E-state index contributed by atoms with van der Waals surface area (Å²) in [7, 11) is 0. The van der Waals surface area contributed by atoms with Crippen LogP contribution in [0.25, 0.3) is 11.3 Å². The second kappa shape index (κ2) is 13.0. The van der Waals surface area contributed by atoms with Crippen LogP contribution >= 0.6 is 0 Å². The zero-order valence-electron chi connectivity index (χ0n) is 26.1. The third kappa shape index (κ3) is 5.97. The van der Waals surface area contributed by atoms with E-state index in [9.17, 15) is 23.1 Å². The number of aliphatic hydroxyl groups is 1. The molecule has 3 aliphatic rings. The molecular weight excluding hydrogens is 601 g/mol. The normalized spacial score (nSPS) is 18.4. The second-order valence-corrected chi connectivity index (χ2v) is 12.1. The first kappa shape index (κ1) is 32.0. The van der Waals surface area contributed by atoms with Gasteiger partial charge in [-0.05, 0) is 49.9 Å². The number of halogens is 3. The standard InChI is InChI=1S/C33H39F3N6O4/c1-3-16-46-27-18-37-17-26(28(27)33(34,35)36)41-12-9-32(10-13-41)21-42(22-19-40(20-22)14-15-43)31(44)29-24(32)7-8-25(39-29)23-6-5-11-38-30(23)45-4-2/h5-8,11,17-18,22,43H,3-4,9-10,12-16,19-21H2,1-2H3. The fraction of sp³-hybridized carbons (Fsp3) is 0.515. The van der Waals surface area contributed by atoms with Gasteiger partial charge in [0.15, 0.2) is 5.75 Å². The summed E-state index contributed by atoms with van der Waals surface area (Å²) in [5, 5.41) is 9.39. The lowest BCUT2D eigenvalue weighted by Crippen LogP contribution is -2.66. The van der Waals surface area contributed by atoms with Gasteiger partial charge in [0.1, 0.15) is 11.3 Å². The first-order valence-corrected chi connectivity index (χ1v) is 15.9. The number of carbonyl (C=O) groups excluding carboxylic acids is 1. The van der Waals surface area contributed by atoms with E-state index < -0.39 is 17.2 Å². The molecule has 6 rings (SSSR count). The molecule has 3 aromatic rings. The van der Waals surface area contributed by atoms with Gasteiger partial charge in [0.2, 0.25) is 5.88 Å². The number of anilines is 1. The quantitative estimate of drug-likeness (QED) is 0.345. The van der Waals surface area contributed by atoms with Crippen LogP contribution in [0, 0.1) is 0 Å². The van der Waals surface area contributed by atoms with Crippen LogP contribution in [0.4, 0.5) is 18.9 Å². The van der Waals surface area contributed by atoms with Crippen molar-refractivity contribution in [3.8, 4) is 22.9 Å². The number of carbonyl (C=O) groups is 1. The van der Waals surface area contributed by atoms with Crippen molar-refractivity contribution < 1.29 is 32.5 Å². The van der Waals surface area contributed by atoms with Crippen LogP contribution in [0.1, 0.15) is 54.7 Å². The molecule has 1 N–H and O–H groups in total. The Bertz CT molecular complexity index is 1560. The number of nitrogens with zero attached hydrogens (tertiary/aromatic N) is 6. The maximum atomic E-state index is 14.4. The molecule has 2 fully saturated rings. The first-order valence-electron chi connectivity index (χ1n) is 15.9. The Kier molecular flexibility index (Phi) is 9.06. The van der Waals surface area contributed by atoms with Gasteiger partial charge >= 0.3 is 6.18 Å². The van der Waals surface area contributed by atoms with Gasteiger partial charge in [0.25, 0.3) is 5.91 Å². The maximum absolute atomic E-state index is 14.4. The molecular formula is C33H39F3N6O4. The largest absolute Gasteiger partial charge is 0.491 e. The maximum Gasteiger partial charge on any atom is 0.422 e. The van der Waals surface area contributed by atoms with Crippen molar-refractivity contribution in [2.24, 2.45) is 0 Å². The summed E-state index contributed by atoms with van der Waals surface area (Å²) in [4.78, 5) is 33.2. The van der Waals surface area contributed by atoms with Gasteiger partial charge in [-0.3, -0.25) is 14.7 Å². The lowest BCUT2D eigenvalue weighted by Gasteiger charge is -2.53. The number of aliphatic hydroxyl groups excluding tert-OH is 1. The zero-order valence-corrected chi connectivity index (χ0v) is 26.1.